The van der Waals surface area contributed by atoms with Crippen LogP contribution in [0.1, 0.15) is 36.8 Å². The second-order valence-electron chi connectivity index (χ2n) is 8.09. The number of nitrogens with zero attached hydrogens (tertiary/aromatic N) is 2. The molecule has 3 N–H and O–H groups in total. The number of benzene rings is 2. The minimum atomic E-state index is -0.796. The highest BCUT2D eigenvalue weighted by molar-refractivity contribution is 6.30. The van der Waals surface area contributed by atoms with Gasteiger partial charge in [-0.1, -0.05) is 41.4 Å². The van der Waals surface area contributed by atoms with E-state index in [1.807, 2.05) is 31.2 Å². The minimum Gasteiger partial charge on any atom is -0.356 e. The highest BCUT2D eigenvalue weighted by atomic mass is 35.5. The second-order valence-corrected chi connectivity index (χ2v) is 8.53. The molecular formula is C24H27ClN4O5. The van der Waals surface area contributed by atoms with Crippen LogP contribution in [0.25, 0.3) is 0 Å². The summed E-state index contributed by atoms with van der Waals surface area (Å²) < 4.78 is 0. The zero-order valence-corrected chi connectivity index (χ0v) is 19.5. The molecule has 0 saturated carbocycles. The molecule has 1 heterocycles. The van der Waals surface area contributed by atoms with E-state index in [4.69, 9.17) is 16.8 Å². The predicted octanol–water partition coefficient (Wildman–Crippen LogP) is 3.17. The van der Waals surface area contributed by atoms with Gasteiger partial charge in [0.1, 0.15) is 6.04 Å². The normalized spacial score (nSPS) is 15.6. The summed E-state index contributed by atoms with van der Waals surface area (Å²) in [5.41, 5.74) is 3.91. The number of amides is 5. The minimum absolute atomic E-state index is 0.0364. The number of hydroxylamine groups is 1. The number of rotatable bonds is 10. The number of carbonyl (C=O) groups is 4. The monoisotopic (exact) mass is 486 g/mol. The summed E-state index contributed by atoms with van der Waals surface area (Å²) >= 11 is 5.95. The number of halogens is 1. The third kappa shape index (κ3) is 6.33. The standard InChI is InChI=1S/C24H27ClN4O5/c1-16-4-6-17(7-5-16)15-28-20(12-13-21(30)26-14-2-3-22(31)27-34)23(32)29(24(28)33)19-10-8-18(25)9-11-19/h4-11,20,34H,2-3,12-15H2,1H3,(H,26,30)(H,27,31). The number of aryl methyl sites for hydroxylation is 1. The molecule has 0 radical (unpaired) electrons. The lowest BCUT2D eigenvalue weighted by atomic mass is 10.1. The summed E-state index contributed by atoms with van der Waals surface area (Å²) in [6.07, 6.45) is 0.633. The van der Waals surface area contributed by atoms with E-state index in [0.29, 0.717) is 17.1 Å². The van der Waals surface area contributed by atoms with Crippen molar-refractivity contribution in [3.63, 3.8) is 0 Å². The van der Waals surface area contributed by atoms with Crippen molar-refractivity contribution < 1.29 is 24.4 Å². The molecule has 0 aliphatic carbocycles. The molecule has 1 saturated heterocycles. The number of nitrogens with one attached hydrogen (secondary N) is 2. The van der Waals surface area contributed by atoms with Crippen molar-refractivity contribution in [1.82, 2.24) is 15.7 Å². The van der Waals surface area contributed by atoms with Crippen LogP contribution in [-0.2, 0) is 20.9 Å². The maximum Gasteiger partial charge on any atom is 0.332 e. The molecule has 1 aliphatic rings. The Labute approximate surface area is 202 Å². The molecule has 2 aromatic rings. The fourth-order valence-electron chi connectivity index (χ4n) is 3.70. The summed E-state index contributed by atoms with van der Waals surface area (Å²) in [5, 5.41) is 11.7. The molecule has 0 aromatic heterocycles. The lowest BCUT2D eigenvalue weighted by Gasteiger charge is -2.22. The van der Waals surface area contributed by atoms with Gasteiger partial charge in [-0.15, -0.1) is 0 Å². The maximum atomic E-state index is 13.3. The van der Waals surface area contributed by atoms with Crippen molar-refractivity contribution in [3.8, 4) is 0 Å². The number of urea groups is 1. The number of imide groups is 1. The topological polar surface area (TPSA) is 119 Å². The third-order valence-corrected chi connectivity index (χ3v) is 5.80. The number of carbonyl (C=O) groups excluding carboxylic acids is 4. The molecule has 1 unspecified atom stereocenters. The van der Waals surface area contributed by atoms with Crippen molar-refractivity contribution in [2.24, 2.45) is 0 Å². The van der Waals surface area contributed by atoms with Crippen molar-refractivity contribution in [1.29, 1.82) is 0 Å². The van der Waals surface area contributed by atoms with Gasteiger partial charge in [0.15, 0.2) is 0 Å². The van der Waals surface area contributed by atoms with Crippen LogP contribution in [0.5, 0.6) is 0 Å². The van der Waals surface area contributed by atoms with E-state index in [9.17, 15) is 19.2 Å². The van der Waals surface area contributed by atoms with E-state index >= 15 is 0 Å². The fraction of sp³-hybridized carbons (Fsp3) is 0.333. The average Bonchev–Trinajstić information content (AvgIpc) is 3.06. The lowest BCUT2D eigenvalue weighted by Crippen LogP contribution is -2.36. The van der Waals surface area contributed by atoms with Crippen LogP contribution in [0.4, 0.5) is 10.5 Å². The molecule has 2 aromatic carbocycles. The van der Waals surface area contributed by atoms with Crippen LogP contribution >= 0.6 is 11.6 Å². The van der Waals surface area contributed by atoms with Gasteiger partial charge in [0, 0.05) is 31.0 Å². The molecule has 0 spiro atoms. The van der Waals surface area contributed by atoms with Gasteiger partial charge in [0.2, 0.25) is 11.8 Å². The number of anilines is 1. The van der Waals surface area contributed by atoms with E-state index in [-0.39, 0.29) is 38.3 Å². The Morgan fingerprint density at radius 3 is 2.32 bits per heavy atom. The van der Waals surface area contributed by atoms with Crippen LogP contribution in [0, 0.1) is 6.92 Å². The van der Waals surface area contributed by atoms with Crippen molar-refractivity contribution in [2.75, 3.05) is 11.4 Å². The van der Waals surface area contributed by atoms with Gasteiger partial charge in [0.25, 0.3) is 5.91 Å². The molecule has 3 rings (SSSR count). The zero-order chi connectivity index (χ0) is 24.7. The van der Waals surface area contributed by atoms with E-state index in [0.717, 1.165) is 16.0 Å². The van der Waals surface area contributed by atoms with E-state index in [2.05, 4.69) is 5.32 Å². The Kier molecular flexibility index (Phi) is 8.61. The molecule has 180 valence electrons. The first-order valence-electron chi connectivity index (χ1n) is 11.0. The first-order valence-corrected chi connectivity index (χ1v) is 11.3. The van der Waals surface area contributed by atoms with Gasteiger partial charge in [-0.2, -0.15) is 0 Å². The lowest BCUT2D eigenvalue weighted by molar-refractivity contribution is -0.129. The van der Waals surface area contributed by atoms with Crippen LogP contribution in [-0.4, -0.2) is 46.4 Å². The quantitative estimate of drug-likeness (QED) is 0.206. The van der Waals surface area contributed by atoms with Crippen molar-refractivity contribution in [2.45, 2.75) is 45.2 Å². The number of hydrogen-bond acceptors (Lipinski definition) is 5. The Morgan fingerprint density at radius 1 is 1.00 bits per heavy atom. The van der Waals surface area contributed by atoms with E-state index < -0.39 is 23.9 Å². The molecule has 1 aliphatic heterocycles. The Morgan fingerprint density at radius 2 is 1.68 bits per heavy atom. The van der Waals surface area contributed by atoms with Crippen molar-refractivity contribution >= 4 is 41.0 Å². The zero-order valence-electron chi connectivity index (χ0n) is 18.8. The molecule has 5 amide bonds. The highest BCUT2D eigenvalue weighted by Gasteiger charge is 2.45. The largest absolute Gasteiger partial charge is 0.356 e. The van der Waals surface area contributed by atoms with Gasteiger partial charge >= 0.3 is 6.03 Å². The van der Waals surface area contributed by atoms with Gasteiger partial charge in [-0.3, -0.25) is 19.6 Å². The average molecular weight is 487 g/mol. The smallest absolute Gasteiger partial charge is 0.332 e. The fourth-order valence-corrected chi connectivity index (χ4v) is 3.83. The molecular weight excluding hydrogens is 460 g/mol. The summed E-state index contributed by atoms with van der Waals surface area (Å²) in [6.45, 7) is 2.46. The first-order chi connectivity index (χ1) is 16.3. The predicted molar refractivity (Wildman–Crippen MR) is 126 cm³/mol. The highest BCUT2D eigenvalue weighted by Crippen LogP contribution is 2.29. The molecule has 1 fully saturated rings. The first kappa shape index (κ1) is 25.2. The summed E-state index contributed by atoms with van der Waals surface area (Å²) in [5.74, 6) is -1.21. The molecule has 10 heteroatoms. The molecule has 34 heavy (non-hydrogen) atoms. The van der Waals surface area contributed by atoms with Gasteiger partial charge in [-0.25, -0.2) is 15.2 Å². The Bertz CT molecular complexity index is 1040. The summed E-state index contributed by atoms with van der Waals surface area (Å²) in [6, 6.07) is 12.9. The maximum absolute atomic E-state index is 13.3. The van der Waals surface area contributed by atoms with Gasteiger partial charge in [0.05, 0.1) is 5.69 Å². The van der Waals surface area contributed by atoms with Crippen LogP contribution in [0.2, 0.25) is 5.02 Å². The summed E-state index contributed by atoms with van der Waals surface area (Å²) in [4.78, 5) is 52.5. The van der Waals surface area contributed by atoms with Gasteiger partial charge < -0.3 is 10.2 Å². The second kappa shape index (κ2) is 11.6. The van der Waals surface area contributed by atoms with Crippen LogP contribution in [0.3, 0.4) is 0 Å². The van der Waals surface area contributed by atoms with Crippen molar-refractivity contribution in [3.05, 3.63) is 64.7 Å². The number of hydrogen-bond donors (Lipinski definition) is 3. The van der Waals surface area contributed by atoms with Crippen LogP contribution < -0.4 is 15.7 Å². The third-order valence-electron chi connectivity index (χ3n) is 5.55. The Balaban J connectivity index is 1.70. The molecule has 9 nitrogen and oxygen atoms in total. The molecule has 1 atom stereocenters. The van der Waals surface area contributed by atoms with Crippen LogP contribution in [0.15, 0.2) is 48.5 Å². The van der Waals surface area contributed by atoms with E-state index in [1.54, 1.807) is 24.3 Å². The van der Waals surface area contributed by atoms with Gasteiger partial charge in [-0.05, 0) is 49.6 Å². The SMILES string of the molecule is Cc1ccc(CN2C(=O)N(c3ccc(Cl)cc3)C(=O)C2CCC(=O)NCCCC(=O)NO)cc1. The Hall–Kier alpha value is -3.43. The summed E-state index contributed by atoms with van der Waals surface area (Å²) in [7, 11) is 0. The molecule has 0 bridgehead atoms. The van der Waals surface area contributed by atoms with E-state index in [1.165, 1.54) is 10.4 Å².